The van der Waals surface area contributed by atoms with Crippen molar-refractivity contribution in [1.82, 2.24) is 19.5 Å². The number of ether oxygens (including phenoxy) is 2. The second-order valence-electron chi connectivity index (χ2n) is 5.37. The second kappa shape index (κ2) is 5.98. The highest BCUT2D eigenvalue weighted by Crippen LogP contribution is 2.32. The number of thiophene rings is 1. The smallest absolute Gasteiger partial charge is 0.173 e. The predicted octanol–water partition coefficient (Wildman–Crippen LogP) is 0.168. The Morgan fingerprint density at radius 2 is 2.17 bits per heavy atom. The molecule has 9 nitrogen and oxygen atoms in total. The molecule has 3 aromatic heterocycles. The Bertz CT molecular complexity index is 839. The molecule has 1 aliphatic rings. The first-order valence-corrected chi connectivity index (χ1v) is 8.14. The van der Waals surface area contributed by atoms with Gasteiger partial charge in [0.2, 0.25) is 0 Å². The third-order valence-corrected chi connectivity index (χ3v) is 4.66. The molecular weight excluding hydrogens is 334 g/mol. The molecule has 3 aromatic rings. The van der Waals surface area contributed by atoms with E-state index in [2.05, 4.69) is 15.0 Å². The lowest BCUT2D eigenvalue weighted by Crippen LogP contribution is -2.34. The van der Waals surface area contributed by atoms with E-state index >= 15 is 0 Å². The number of fused-ring (bicyclic) bond motifs is 1. The van der Waals surface area contributed by atoms with Gasteiger partial charge in [0.05, 0.1) is 6.33 Å². The number of aliphatic hydroxyl groups excluding tert-OH is 2. The van der Waals surface area contributed by atoms with Gasteiger partial charge in [-0.1, -0.05) is 0 Å². The van der Waals surface area contributed by atoms with Crippen molar-refractivity contribution in [2.45, 2.75) is 24.5 Å². The van der Waals surface area contributed by atoms with Gasteiger partial charge in [-0.15, -0.1) is 11.3 Å². The van der Waals surface area contributed by atoms with E-state index in [1.807, 2.05) is 17.5 Å². The normalized spacial score (nSPS) is 26.9. The number of nitrogens with two attached hydrogens (primary N) is 1. The maximum Gasteiger partial charge on any atom is 0.173 e. The number of nitrogens with zero attached hydrogens (tertiary/aromatic N) is 4. The summed E-state index contributed by atoms with van der Waals surface area (Å²) in [5.74, 6) is 0.240. The van der Waals surface area contributed by atoms with Gasteiger partial charge in [0.15, 0.2) is 22.8 Å². The van der Waals surface area contributed by atoms with E-state index in [1.165, 1.54) is 28.6 Å². The van der Waals surface area contributed by atoms with E-state index in [4.69, 9.17) is 15.2 Å². The summed E-state index contributed by atoms with van der Waals surface area (Å²) in [6.45, 7) is 0.124. The molecule has 0 aliphatic carbocycles. The topological polar surface area (TPSA) is 129 Å². The number of hydrogen-bond acceptors (Lipinski definition) is 9. The molecular formula is C14H15N5O4S. The molecule has 0 aromatic carbocycles. The van der Waals surface area contributed by atoms with Crippen molar-refractivity contribution in [2.24, 2.45) is 0 Å². The molecule has 24 heavy (non-hydrogen) atoms. The van der Waals surface area contributed by atoms with Crippen molar-refractivity contribution in [3.63, 3.8) is 0 Å². The molecule has 4 rings (SSSR count). The van der Waals surface area contributed by atoms with Crippen molar-refractivity contribution in [3.05, 3.63) is 30.2 Å². The monoisotopic (exact) mass is 349 g/mol. The lowest BCUT2D eigenvalue weighted by Gasteiger charge is -2.16. The van der Waals surface area contributed by atoms with E-state index in [0.29, 0.717) is 11.2 Å². The van der Waals surface area contributed by atoms with E-state index < -0.39 is 24.5 Å². The van der Waals surface area contributed by atoms with Crippen LogP contribution in [0.3, 0.4) is 0 Å². The van der Waals surface area contributed by atoms with Gasteiger partial charge in [-0.05, 0) is 17.5 Å². The maximum atomic E-state index is 10.3. The summed E-state index contributed by atoms with van der Waals surface area (Å²) < 4.78 is 12.9. The summed E-state index contributed by atoms with van der Waals surface area (Å²) >= 11 is 1.44. The van der Waals surface area contributed by atoms with Crippen molar-refractivity contribution in [3.8, 4) is 5.06 Å². The van der Waals surface area contributed by atoms with Crippen molar-refractivity contribution < 1.29 is 19.7 Å². The Hall–Kier alpha value is -2.27. The van der Waals surface area contributed by atoms with Crippen LogP contribution in [-0.4, -0.2) is 54.7 Å². The number of rotatable bonds is 4. The zero-order valence-corrected chi connectivity index (χ0v) is 13.2. The first-order chi connectivity index (χ1) is 11.6. The van der Waals surface area contributed by atoms with Crippen molar-refractivity contribution in [1.29, 1.82) is 0 Å². The molecule has 1 aliphatic heterocycles. The third kappa shape index (κ3) is 2.49. The van der Waals surface area contributed by atoms with Crippen molar-refractivity contribution in [2.75, 3.05) is 12.3 Å². The molecule has 0 amide bonds. The van der Waals surface area contributed by atoms with Gasteiger partial charge in [-0.3, -0.25) is 4.57 Å². The molecule has 0 bridgehead atoms. The molecule has 1 saturated heterocycles. The van der Waals surface area contributed by atoms with Gasteiger partial charge in [-0.2, -0.15) is 0 Å². The lowest BCUT2D eigenvalue weighted by molar-refractivity contribution is -0.0470. The number of aliphatic hydroxyl groups is 2. The summed E-state index contributed by atoms with van der Waals surface area (Å²) in [4.78, 5) is 12.1. The first kappa shape index (κ1) is 15.3. The molecule has 0 spiro atoms. The molecule has 1 fully saturated rings. The minimum absolute atomic E-state index is 0.124. The molecule has 4 atom stereocenters. The van der Waals surface area contributed by atoms with Crippen LogP contribution in [0, 0.1) is 0 Å². The van der Waals surface area contributed by atoms with Gasteiger partial charge in [0.25, 0.3) is 0 Å². The molecule has 10 heteroatoms. The predicted molar refractivity (Wildman–Crippen MR) is 85.5 cm³/mol. The number of anilines is 1. The van der Waals surface area contributed by atoms with Crippen LogP contribution in [0.2, 0.25) is 0 Å². The van der Waals surface area contributed by atoms with Gasteiger partial charge in [0, 0.05) is 0 Å². The Morgan fingerprint density at radius 1 is 1.29 bits per heavy atom. The fourth-order valence-corrected chi connectivity index (χ4v) is 3.25. The lowest BCUT2D eigenvalue weighted by atomic mass is 10.1. The molecule has 2 unspecified atom stereocenters. The second-order valence-corrected chi connectivity index (χ2v) is 6.28. The summed E-state index contributed by atoms with van der Waals surface area (Å²) in [5, 5.41) is 23.2. The summed E-state index contributed by atoms with van der Waals surface area (Å²) in [6.07, 6.45) is -0.980. The largest absolute Gasteiger partial charge is 0.481 e. The standard InChI is InChI=1S/C14H15N5O4S/c15-12-9-13(17-5-16-12)19(6-18-9)14-11(21)10(20)7(23-14)4-22-8-2-1-3-24-8/h1-3,5-7,10-11,14,20-21H,4H2,(H2,15,16,17)/t7-,10?,11?,14-/m1/s1. The molecule has 4 N–H and O–H groups in total. The van der Waals surface area contributed by atoms with Crippen LogP contribution < -0.4 is 10.5 Å². The zero-order chi connectivity index (χ0) is 16.7. The Labute approximate surface area is 140 Å². The SMILES string of the molecule is Nc1ncnc2c1ncn2[C@@H]1O[C@H](COc2cccs2)C(O)C1O. The van der Waals surface area contributed by atoms with Crippen molar-refractivity contribution >= 4 is 28.3 Å². The van der Waals surface area contributed by atoms with Crippen LogP contribution in [0.4, 0.5) is 5.82 Å². The van der Waals surface area contributed by atoms with E-state index in [0.717, 1.165) is 5.06 Å². The summed E-state index contributed by atoms with van der Waals surface area (Å²) in [6, 6.07) is 3.69. The highest BCUT2D eigenvalue weighted by molar-refractivity contribution is 7.11. The van der Waals surface area contributed by atoms with Gasteiger partial charge in [0.1, 0.15) is 36.8 Å². The van der Waals surface area contributed by atoms with E-state index in [1.54, 1.807) is 0 Å². The van der Waals surface area contributed by atoms with Crippen LogP contribution in [0.25, 0.3) is 11.2 Å². The quantitative estimate of drug-likeness (QED) is 0.608. The van der Waals surface area contributed by atoms with Crippen LogP contribution in [0.15, 0.2) is 30.2 Å². The summed E-state index contributed by atoms with van der Waals surface area (Å²) in [5.41, 5.74) is 6.61. The van der Waals surface area contributed by atoms with Crippen LogP contribution in [0.5, 0.6) is 5.06 Å². The highest BCUT2D eigenvalue weighted by Gasteiger charge is 2.44. The first-order valence-electron chi connectivity index (χ1n) is 7.26. The highest BCUT2D eigenvalue weighted by atomic mass is 32.1. The summed E-state index contributed by atoms with van der Waals surface area (Å²) in [7, 11) is 0. The number of aromatic nitrogens is 4. The Balaban J connectivity index is 1.56. The van der Waals surface area contributed by atoms with E-state index in [-0.39, 0.29) is 12.4 Å². The van der Waals surface area contributed by atoms with Crippen LogP contribution in [0.1, 0.15) is 6.23 Å². The molecule has 0 saturated carbocycles. The zero-order valence-electron chi connectivity index (χ0n) is 12.4. The Kier molecular flexibility index (Phi) is 3.81. The third-order valence-electron chi connectivity index (χ3n) is 3.88. The average molecular weight is 349 g/mol. The fourth-order valence-electron chi connectivity index (χ4n) is 2.66. The Morgan fingerprint density at radius 3 is 2.96 bits per heavy atom. The van der Waals surface area contributed by atoms with Crippen LogP contribution in [-0.2, 0) is 4.74 Å². The van der Waals surface area contributed by atoms with Gasteiger partial charge < -0.3 is 25.4 Å². The number of hydrogen-bond donors (Lipinski definition) is 3. The minimum atomic E-state index is -1.14. The van der Waals surface area contributed by atoms with Crippen LogP contribution >= 0.6 is 11.3 Å². The number of imidazole rings is 1. The number of nitrogen functional groups attached to an aromatic ring is 1. The van der Waals surface area contributed by atoms with Gasteiger partial charge in [-0.25, -0.2) is 15.0 Å². The fraction of sp³-hybridized carbons (Fsp3) is 0.357. The molecule has 0 radical (unpaired) electrons. The minimum Gasteiger partial charge on any atom is -0.481 e. The molecule has 4 heterocycles. The average Bonchev–Trinajstić information content (AvgIpc) is 3.28. The van der Waals surface area contributed by atoms with Gasteiger partial charge >= 0.3 is 0 Å². The van der Waals surface area contributed by atoms with E-state index in [9.17, 15) is 10.2 Å². The maximum absolute atomic E-state index is 10.3. The molecule has 126 valence electrons.